The number of thiophene rings is 1. The first-order valence-corrected chi connectivity index (χ1v) is 21.7. The molecule has 0 saturated carbocycles. The normalized spacial score (nSPS) is 11.8. The van der Waals surface area contributed by atoms with Crippen LogP contribution in [0.5, 0.6) is 0 Å². The van der Waals surface area contributed by atoms with Crippen molar-refractivity contribution in [2.75, 3.05) is 0 Å². The molecule has 13 aromatic rings. The Morgan fingerprint density at radius 1 is 0.317 bits per heavy atom. The topological polar surface area (TPSA) is 74.3 Å². The lowest BCUT2D eigenvalue weighted by Gasteiger charge is -2.12. The van der Waals surface area contributed by atoms with Crippen molar-refractivity contribution in [3.05, 3.63) is 200 Å². The Morgan fingerprint density at radius 2 is 0.794 bits per heavy atom. The number of nitrogens with zero attached hydrogens (tertiary/aromatic N) is 7. The lowest BCUT2D eigenvalue weighted by Crippen LogP contribution is -2.06. The zero-order valence-electron chi connectivity index (χ0n) is 33.6. The Morgan fingerprint density at radius 3 is 1.38 bits per heavy atom. The van der Waals surface area contributed by atoms with Crippen molar-refractivity contribution in [3.8, 4) is 57.2 Å². The number of hydrogen-bond acceptors (Lipinski definition) is 6. The van der Waals surface area contributed by atoms with Crippen molar-refractivity contribution in [1.82, 2.24) is 34.1 Å². The van der Waals surface area contributed by atoms with Crippen LogP contribution in [0.15, 0.2) is 200 Å². The Bertz CT molecular complexity index is 3780. The van der Waals surface area contributed by atoms with Crippen LogP contribution in [0.3, 0.4) is 0 Å². The summed E-state index contributed by atoms with van der Waals surface area (Å²) in [6.45, 7) is 0. The van der Waals surface area contributed by atoms with Gasteiger partial charge in [0.15, 0.2) is 11.6 Å². The van der Waals surface area contributed by atoms with Gasteiger partial charge in [-0.05, 0) is 30.3 Å². The molecule has 0 spiro atoms. The average Bonchev–Trinajstić information content (AvgIpc) is 4.01. The van der Waals surface area contributed by atoms with Crippen LogP contribution >= 0.6 is 11.3 Å². The molecule has 0 fully saturated rings. The minimum Gasteiger partial charge on any atom is -0.278 e. The largest absolute Gasteiger partial charge is 0.278 e. The molecule has 0 aliphatic rings. The zero-order valence-corrected chi connectivity index (χ0v) is 34.4. The van der Waals surface area contributed by atoms with Crippen LogP contribution in [0.2, 0.25) is 0 Å². The van der Waals surface area contributed by atoms with Crippen LogP contribution in [0.4, 0.5) is 0 Å². The molecule has 0 saturated heterocycles. The van der Waals surface area contributed by atoms with Gasteiger partial charge in [-0.25, -0.2) is 15.0 Å². The summed E-state index contributed by atoms with van der Waals surface area (Å²) in [5.41, 5.74) is 9.89. The van der Waals surface area contributed by atoms with E-state index < -0.39 is 0 Å². The Hall–Kier alpha value is -8.33. The van der Waals surface area contributed by atoms with E-state index in [0.717, 1.165) is 82.0 Å². The molecule has 8 heteroatoms. The van der Waals surface area contributed by atoms with E-state index in [2.05, 4.69) is 137 Å². The molecule has 0 atom stereocenters. The smallest absolute Gasteiger partial charge is 0.238 e. The Labute approximate surface area is 364 Å². The number of benzene rings is 8. The highest BCUT2D eigenvalue weighted by atomic mass is 32.1. The van der Waals surface area contributed by atoms with E-state index in [1.165, 1.54) is 15.5 Å². The fourth-order valence-electron chi connectivity index (χ4n) is 9.11. The summed E-state index contributed by atoms with van der Waals surface area (Å²) in [6.07, 6.45) is 0. The zero-order chi connectivity index (χ0) is 41.4. The van der Waals surface area contributed by atoms with Gasteiger partial charge in [-0.15, -0.1) is 11.3 Å². The summed E-state index contributed by atoms with van der Waals surface area (Å²) in [5, 5.41) is 6.96. The highest BCUT2D eigenvalue weighted by Crippen LogP contribution is 2.45. The molecular formula is C55H33N7S. The maximum atomic E-state index is 5.34. The molecule has 0 radical (unpaired) electrons. The SMILES string of the molecule is c1ccc(-c2cc(-c3ccccc3)nc(-n3c4ccccc4c4ccc5c6cc7c8ccccc8n(-c8nc(-c9ccccc9)nc(-c9ccccc9)n8)c7cc6sc5c43)n2)cc1. The van der Waals surface area contributed by atoms with Gasteiger partial charge >= 0.3 is 0 Å². The second-order valence-corrected chi connectivity index (χ2v) is 16.7. The van der Waals surface area contributed by atoms with Gasteiger partial charge in [0.1, 0.15) is 0 Å². The van der Waals surface area contributed by atoms with Crippen molar-refractivity contribution < 1.29 is 0 Å². The molecule has 0 N–H and O–H groups in total. The molecule has 8 aromatic carbocycles. The van der Waals surface area contributed by atoms with E-state index in [-0.39, 0.29) is 0 Å². The number of hydrogen-bond donors (Lipinski definition) is 0. The van der Waals surface area contributed by atoms with Crippen LogP contribution in [0.25, 0.3) is 121 Å². The second kappa shape index (κ2) is 14.1. The first kappa shape index (κ1) is 35.4. The number of rotatable bonds is 6. The van der Waals surface area contributed by atoms with Gasteiger partial charge in [0.2, 0.25) is 11.9 Å². The minimum atomic E-state index is 0.571. The van der Waals surface area contributed by atoms with Gasteiger partial charge < -0.3 is 0 Å². The second-order valence-electron chi connectivity index (χ2n) is 15.7. The first-order chi connectivity index (χ1) is 31.2. The fraction of sp³-hybridized carbons (Fsp3) is 0. The van der Waals surface area contributed by atoms with Crippen molar-refractivity contribution in [1.29, 1.82) is 0 Å². The highest BCUT2D eigenvalue weighted by molar-refractivity contribution is 7.26. The first-order valence-electron chi connectivity index (χ1n) is 20.9. The van der Waals surface area contributed by atoms with Gasteiger partial charge in [0, 0.05) is 59.3 Å². The Balaban J connectivity index is 1.09. The Kier molecular flexibility index (Phi) is 7.94. The van der Waals surface area contributed by atoms with E-state index in [9.17, 15) is 0 Å². The maximum absolute atomic E-state index is 5.34. The van der Waals surface area contributed by atoms with Gasteiger partial charge in [-0.1, -0.05) is 170 Å². The molecule has 294 valence electrons. The maximum Gasteiger partial charge on any atom is 0.238 e. The molecule has 0 amide bonds. The van der Waals surface area contributed by atoms with Crippen LogP contribution in [-0.2, 0) is 0 Å². The van der Waals surface area contributed by atoms with Crippen LogP contribution in [0, 0.1) is 0 Å². The molecular weight excluding hydrogens is 791 g/mol. The third kappa shape index (κ3) is 5.69. The summed E-state index contributed by atoms with van der Waals surface area (Å²) in [7, 11) is 0. The van der Waals surface area contributed by atoms with Crippen LogP contribution in [0.1, 0.15) is 0 Å². The van der Waals surface area contributed by atoms with Gasteiger partial charge in [0.25, 0.3) is 0 Å². The molecule has 5 heterocycles. The van der Waals surface area contributed by atoms with E-state index in [0.29, 0.717) is 23.5 Å². The highest BCUT2D eigenvalue weighted by Gasteiger charge is 2.23. The third-order valence-electron chi connectivity index (χ3n) is 12.0. The molecule has 0 unspecified atom stereocenters. The standard InChI is InChI=1S/C55H33N7S/c1-5-17-34(18-6-1)44-32-45(35-19-7-2-8-20-35)57-54(56-44)62-47-28-16-13-25-38(47)40-29-30-41-43-31-42-39-26-14-15-27-46(39)61(48(42)33-49(43)63-51(41)50(40)62)55-59-52(36-21-9-3-10-22-36)58-53(60-55)37-23-11-4-12-24-37/h1-33H. The number of fused-ring (bicyclic) bond motifs is 10. The van der Waals surface area contributed by atoms with E-state index >= 15 is 0 Å². The summed E-state index contributed by atoms with van der Waals surface area (Å²) in [6, 6.07) is 69.5. The van der Waals surface area contributed by atoms with Gasteiger partial charge in [0.05, 0.1) is 38.2 Å². The predicted octanol–water partition coefficient (Wildman–Crippen LogP) is 13.9. The van der Waals surface area contributed by atoms with Crippen molar-refractivity contribution in [3.63, 3.8) is 0 Å². The van der Waals surface area contributed by atoms with E-state index in [1.54, 1.807) is 11.3 Å². The monoisotopic (exact) mass is 823 g/mol. The lowest BCUT2D eigenvalue weighted by molar-refractivity contribution is 0.954. The van der Waals surface area contributed by atoms with Crippen molar-refractivity contribution >= 4 is 75.1 Å². The summed E-state index contributed by atoms with van der Waals surface area (Å²) in [4.78, 5) is 26.1. The molecule has 0 aliphatic heterocycles. The fourth-order valence-corrected chi connectivity index (χ4v) is 10.4. The summed E-state index contributed by atoms with van der Waals surface area (Å²) < 4.78 is 6.82. The molecule has 13 rings (SSSR count). The van der Waals surface area contributed by atoms with Crippen LogP contribution < -0.4 is 0 Å². The molecule has 0 aliphatic carbocycles. The van der Waals surface area contributed by atoms with Gasteiger partial charge in [-0.2, -0.15) is 9.97 Å². The van der Waals surface area contributed by atoms with Gasteiger partial charge in [-0.3, -0.25) is 9.13 Å². The minimum absolute atomic E-state index is 0.571. The predicted molar refractivity (Wildman–Crippen MR) is 259 cm³/mol. The van der Waals surface area contributed by atoms with Crippen molar-refractivity contribution in [2.24, 2.45) is 0 Å². The number of para-hydroxylation sites is 2. The average molecular weight is 824 g/mol. The van der Waals surface area contributed by atoms with Crippen LogP contribution in [-0.4, -0.2) is 34.1 Å². The molecule has 7 nitrogen and oxygen atoms in total. The molecule has 5 aromatic heterocycles. The van der Waals surface area contributed by atoms with E-state index in [1.807, 2.05) is 72.8 Å². The third-order valence-corrected chi connectivity index (χ3v) is 13.2. The van der Waals surface area contributed by atoms with Crippen molar-refractivity contribution in [2.45, 2.75) is 0 Å². The quantitative estimate of drug-likeness (QED) is 0.167. The molecule has 0 bridgehead atoms. The van der Waals surface area contributed by atoms with E-state index in [4.69, 9.17) is 24.9 Å². The lowest BCUT2D eigenvalue weighted by atomic mass is 10.1. The summed E-state index contributed by atoms with van der Waals surface area (Å²) >= 11 is 1.80. The molecule has 63 heavy (non-hydrogen) atoms. The number of aromatic nitrogens is 7. The summed E-state index contributed by atoms with van der Waals surface area (Å²) in [5.74, 6) is 2.45.